The lowest BCUT2D eigenvalue weighted by Gasteiger charge is -2.36. The Labute approximate surface area is 190 Å². The van der Waals surface area contributed by atoms with Gasteiger partial charge >= 0.3 is 0 Å². The monoisotopic (exact) mass is 422 g/mol. The SMILES string of the molecule is CCC(C)(C)Oc1ccc(C2(c3ccc(O)cc3)CCCCCCCCCCC2)cc1. The van der Waals surface area contributed by atoms with Crippen molar-refractivity contribution in [2.75, 3.05) is 0 Å². The summed E-state index contributed by atoms with van der Waals surface area (Å²) in [5.41, 5.74) is 2.58. The maximum absolute atomic E-state index is 9.91. The first-order chi connectivity index (χ1) is 15.0. The normalized spacial score (nSPS) is 18.5. The second-order valence-corrected chi connectivity index (χ2v) is 10.1. The van der Waals surface area contributed by atoms with Crippen LogP contribution in [0, 0.1) is 0 Å². The Morgan fingerprint density at radius 2 is 1.13 bits per heavy atom. The molecule has 170 valence electrons. The summed E-state index contributed by atoms with van der Waals surface area (Å²) < 4.78 is 6.23. The van der Waals surface area contributed by atoms with Gasteiger partial charge < -0.3 is 9.84 Å². The van der Waals surface area contributed by atoms with Gasteiger partial charge in [-0.1, -0.05) is 89.0 Å². The fourth-order valence-electron chi connectivity index (χ4n) is 4.97. The molecule has 0 aliphatic heterocycles. The minimum Gasteiger partial charge on any atom is -0.508 e. The van der Waals surface area contributed by atoms with Crippen LogP contribution in [0.25, 0.3) is 0 Å². The zero-order valence-electron chi connectivity index (χ0n) is 20.0. The quantitative estimate of drug-likeness (QED) is 0.523. The van der Waals surface area contributed by atoms with Gasteiger partial charge in [-0.25, -0.2) is 0 Å². The maximum Gasteiger partial charge on any atom is 0.120 e. The fraction of sp³-hybridized carbons (Fsp3) is 0.586. The lowest BCUT2D eigenvalue weighted by Crippen LogP contribution is -2.29. The minimum absolute atomic E-state index is 0.00566. The number of phenolic OH excluding ortho intramolecular Hbond substituents is 1. The topological polar surface area (TPSA) is 29.5 Å². The molecule has 0 spiro atoms. The van der Waals surface area contributed by atoms with Crippen molar-refractivity contribution >= 4 is 0 Å². The second kappa shape index (κ2) is 11.1. The summed E-state index contributed by atoms with van der Waals surface area (Å²) in [6.07, 6.45) is 15.3. The number of phenols is 1. The summed E-state index contributed by atoms with van der Waals surface area (Å²) in [6, 6.07) is 16.9. The van der Waals surface area contributed by atoms with Crippen LogP contribution in [0.5, 0.6) is 11.5 Å². The summed E-state index contributed by atoms with van der Waals surface area (Å²) in [4.78, 5) is 0. The Balaban J connectivity index is 1.94. The second-order valence-electron chi connectivity index (χ2n) is 10.1. The molecule has 0 amide bonds. The number of rotatable bonds is 5. The molecule has 1 saturated carbocycles. The van der Waals surface area contributed by atoms with E-state index in [1.54, 1.807) is 0 Å². The average molecular weight is 423 g/mol. The molecule has 0 heterocycles. The molecule has 0 atom stereocenters. The Hall–Kier alpha value is -1.96. The van der Waals surface area contributed by atoms with E-state index in [-0.39, 0.29) is 11.0 Å². The summed E-state index contributed by atoms with van der Waals surface area (Å²) in [5.74, 6) is 1.29. The molecular formula is C29H42O2. The van der Waals surface area contributed by atoms with Gasteiger partial charge in [-0.05, 0) is 68.5 Å². The van der Waals surface area contributed by atoms with Crippen LogP contribution in [-0.2, 0) is 5.41 Å². The lowest BCUT2D eigenvalue weighted by atomic mass is 9.67. The van der Waals surface area contributed by atoms with Gasteiger partial charge in [0.05, 0.1) is 0 Å². The molecule has 0 radical (unpaired) electrons. The van der Waals surface area contributed by atoms with E-state index >= 15 is 0 Å². The Bertz CT molecular complexity index is 761. The van der Waals surface area contributed by atoms with Crippen molar-refractivity contribution in [3.8, 4) is 11.5 Å². The molecule has 1 aliphatic carbocycles. The van der Waals surface area contributed by atoms with Gasteiger partial charge in [0.1, 0.15) is 17.1 Å². The van der Waals surface area contributed by atoms with Gasteiger partial charge in [-0.2, -0.15) is 0 Å². The predicted molar refractivity (Wildman–Crippen MR) is 131 cm³/mol. The highest BCUT2D eigenvalue weighted by molar-refractivity contribution is 5.43. The highest BCUT2D eigenvalue weighted by atomic mass is 16.5. The largest absolute Gasteiger partial charge is 0.508 e. The van der Waals surface area contributed by atoms with E-state index in [2.05, 4.69) is 57.2 Å². The molecule has 0 bridgehead atoms. The highest BCUT2D eigenvalue weighted by Gasteiger charge is 2.33. The third-order valence-electron chi connectivity index (χ3n) is 7.28. The van der Waals surface area contributed by atoms with Crippen LogP contribution in [0.1, 0.15) is 109 Å². The smallest absolute Gasteiger partial charge is 0.120 e. The van der Waals surface area contributed by atoms with E-state index in [9.17, 15) is 5.11 Å². The standard InChI is InChI=1S/C29H42O2/c1-4-28(2,3)31-27-20-16-25(17-21-27)29(24-14-18-26(30)19-15-24)22-12-10-8-6-5-7-9-11-13-23-29/h14-21,30H,4-13,22-23H2,1-3H3. The number of ether oxygens (including phenoxy) is 1. The maximum atomic E-state index is 9.91. The molecule has 1 N–H and O–H groups in total. The van der Waals surface area contributed by atoms with Crippen LogP contribution >= 0.6 is 0 Å². The molecule has 2 heteroatoms. The molecule has 2 aromatic rings. The molecule has 0 unspecified atom stereocenters. The number of hydrogen-bond donors (Lipinski definition) is 1. The van der Waals surface area contributed by atoms with E-state index in [0.717, 1.165) is 12.2 Å². The van der Waals surface area contributed by atoms with Gasteiger partial charge in [0.15, 0.2) is 0 Å². The van der Waals surface area contributed by atoms with Gasteiger partial charge in [-0.3, -0.25) is 0 Å². The van der Waals surface area contributed by atoms with Crippen molar-refractivity contribution in [2.24, 2.45) is 0 Å². The first-order valence-electron chi connectivity index (χ1n) is 12.5. The number of hydrogen-bond acceptors (Lipinski definition) is 2. The first-order valence-corrected chi connectivity index (χ1v) is 12.5. The van der Waals surface area contributed by atoms with E-state index in [4.69, 9.17) is 4.74 Å². The van der Waals surface area contributed by atoms with Crippen molar-refractivity contribution in [3.63, 3.8) is 0 Å². The van der Waals surface area contributed by atoms with Crippen molar-refractivity contribution in [2.45, 2.75) is 109 Å². The third kappa shape index (κ3) is 6.51. The summed E-state index contributed by atoms with van der Waals surface area (Å²) >= 11 is 0. The zero-order valence-corrected chi connectivity index (χ0v) is 20.0. The van der Waals surface area contributed by atoms with Crippen LogP contribution in [-0.4, -0.2) is 10.7 Å². The molecule has 1 fully saturated rings. The molecule has 0 aromatic heterocycles. The number of aromatic hydroxyl groups is 1. The Kier molecular flexibility index (Phi) is 8.46. The van der Waals surface area contributed by atoms with Crippen molar-refractivity contribution in [1.29, 1.82) is 0 Å². The zero-order chi connectivity index (χ0) is 22.2. The van der Waals surface area contributed by atoms with Crippen molar-refractivity contribution < 1.29 is 9.84 Å². The van der Waals surface area contributed by atoms with Crippen LogP contribution in [0.15, 0.2) is 48.5 Å². The van der Waals surface area contributed by atoms with Crippen LogP contribution < -0.4 is 4.74 Å². The Morgan fingerprint density at radius 1 is 0.710 bits per heavy atom. The minimum atomic E-state index is -0.149. The number of benzene rings is 2. The van der Waals surface area contributed by atoms with Gasteiger partial charge in [0.2, 0.25) is 0 Å². The van der Waals surface area contributed by atoms with Gasteiger partial charge in [0, 0.05) is 5.41 Å². The Morgan fingerprint density at radius 3 is 1.58 bits per heavy atom. The molecule has 2 aromatic carbocycles. The summed E-state index contributed by atoms with van der Waals surface area (Å²) in [6.45, 7) is 6.45. The molecular weight excluding hydrogens is 380 g/mol. The fourth-order valence-corrected chi connectivity index (χ4v) is 4.97. The molecule has 0 saturated heterocycles. The average Bonchev–Trinajstić information content (AvgIpc) is 2.76. The summed E-state index contributed by atoms with van der Waals surface area (Å²) in [7, 11) is 0. The van der Waals surface area contributed by atoms with Crippen molar-refractivity contribution in [1.82, 2.24) is 0 Å². The van der Waals surface area contributed by atoms with Crippen LogP contribution in [0.2, 0.25) is 0 Å². The van der Waals surface area contributed by atoms with Crippen molar-refractivity contribution in [3.05, 3.63) is 59.7 Å². The van der Waals surface area contributed by atoms with E-state index < -0.39 is 0 Å². The van der Waals surface area contributed by atoms with Gasteiger partial charge in [0.25, 0.3) is 0 Å². The summed E-state index contributed by atoms with van der Waals surface area (Å²) in [5, 5.41) is 9.91. The van der Waals surface area contributed by atoms with Crippen LogP contribution in [0.3, 0.4) is 0 Å². The van der Waals surface area contributed by atoms with E-state index in [1.807, 2.05) is 12.1 Å². The van der Waals surface area contributed by atoms with Crippen LogP contribution in [0.4, 0.5) is 0 Å². The van der Waals surface area contributed by atoms with E-state index in [0.29, 0.717) is 5.75 Å². The van der Waals surface area contributed by atoms with E-state index in [1.165, 1.54) is 81.8 Å². The molecule has 2 nitrogen and oxygen atoms in total. The third-order valence-corrected chi connectivity index (χ3v) is 7.28. The lowest BCUT2D eigenvalue weighted by molar-refractivity contribution is 0.105. The highest BCUT2D eigenvalue weighted by Crippen LogP contribution is 2.43. The molecule has 3 rings (SSSR count). The first kappa shape index (κ1) is 23.7. The molecule has 31 heavy (non-hydrogen) atoms. The molecule has 1 aliphatic rings. The predicted octanol–water partition coefficient (Wildman–Crippen LogP) is 8.55. The van der Waals surface area contributed by atoms with Gasteiger partial charge in [-0.15, -0.1) is 0 Å².